The summed E-state index contributed by atoms with van der Waals surface area (Å²) in [6.45, 7) is 10.4. The second-order valence-corrected chi connectivity index (χ2v) is 9.89. The van der Waals surface area contributed by atoms with Crippen molar-refractivity contribution >= 4 is 14.1 Å². The first-order chi connectivity index (χ1) is 6.79. The van der Waals surface area contributed by atoms with Crippen molar-refractivity contribution in [3.63, 3.8) is 0 Å². The Morgan fingerprint density at radius 3 is 2.53 bits per heavy atom. The zero-order valence-electron chi connectivity index (χ0n) is 10.5. The van der Waals surface area contributed by atoms with E-state index in [0.717, 1.165) is 12.8 Å². The molecule has 0 aromatic heterocycles. The fraction of sp³-hybridized carbons (Fsp3) is 0.750. The molecule has 0 N–H and O–H groups in total. The van der Waals surface area contributed by atoms with Crippen molar-refractivity contribution in [1.29, 1.82) is 0 Å². The molecule has 1 atom stereocenters. The summed E-state index contributed by atoms with van der Waals surface area (Å²) in [5.74, 6) is 1.89. The fourth-order valence-electron chi connectivity index (χ4n) is 2.05. The van der Waals surface area contributed by atoms with Crippen molar-refractivity contribution in [2.45, 2.75) is 52.8 Å². The molecule has 86 valence electrons. The third-order valence-electron chi connectivity index (χ3n) is 2.74. The minimum Gasteiger partial charge on any atom is -0.547 e. The second kappa shape index (κ2) is 4.52. The fourth-order valence-corrected chi connectivity index (χ4v) is 3.05. The molecule has 0 saturated carbocycles. The van der Waals surface area contributed by atoms with Gasteiger partial charge < -0.3 is 9.22 Å². The van der Waals surface area contributed by atoms with Crippen molar-refractivity contribution in [2.24, 2.45) is 5.92 Å². The number of carbonyl (C=O) groups excluding carboxylic acids is 1. The summed E-state index contributed by atoms with van der Waals surface area (Å²) in [6.07, 6.45) is 2.80. The molecule has 1 aliphatic carbocycles. The number of rotatable bonds is 4. The minimum atomic E-state index is -1.48. The van der Waals surface area contributed by atoms with Gasteiger partial charge in [-0.3, -0.25) is 0 Å². The molecule has 0 bridgehead atoms. The van der Waals surface area contributed by atoms with Gasteiger partial charge in [-0.05, 0) is 51.4 Å². The van der Waals surface area contributed by atoms with E-state index in [9.17, 15) is 4.79 Å². The molecule has 0 fully saturated rings. The highest BCUT2D eigenvalue weighted by atomic mass is 28.4. The quantitative estimate of drug-likeness (QED) is 0.686. The first-order valence-electron chi connectivity index (χ1n) is 5.67. The Kier molecular flexibility index (Phi) is 3.76. The molecule has 0 aliphatic heterocycles. The van der Waals surface area contributed by atoms with Crippen LogP contribution in [0, 0.1) is 5.92 Å². The molecule has 0 saturated heterocycles. The molecule has 0 spiro atoms. The van der Waals surface area contributed by atoms with Crippen LogP contribution in [0.1, 0.15) is 33.1 Å². The monoisotopic (exact) mass is 226 g/mol. The van der Waals surface area contributed by atoms with Crippen LogP contribution >= 0.6 is 0 Å². The van der Waals surface area contributed by atoms with Gasteiger partial charge in [0.1, 0.15) is 5.78 Å². The smallest absolute Gasteiger partial charge is 0.241 e. The summed E-state index contributed by atoms with van der Waals surface area (Å²) < 4.78 is 6.03. The maximum atomic E-state index is 11.1. The largest absolute Gasteiger partial charge is 0.547 e. The van der Waals surface area contributed by atoms with Gasteiger partial charge in [0, 0.05) is 12.8 Å². The van der Waals surface area contributed by atoms with E-state index in [2.05, 4.69) is 26.6 Å². The summed E-state index contributed by atoms with van der Waals surface area (Å²) in [5, 5.41) is 0. The maximum Gasteiger partial charge on any atom is 0.241 e. The van der Waals surface area contributed by atoms with Crippen LogP contribution in [0.3, 0.4) is 0 Å². The average Bonchev–Trinajstić information content (AvgIpc) is 2.32. The van der Waals surface area contributed by atoms with Crippen molar-refractivity contribution in [2.75, 3.05) is 0 Å². The van der Waals surface area contributed by atoms with Gasteiger partial charge in [0.2, 0.25) is 8.32 Å². The van der Waals surface area contributed by atoms with Gasteiger partial charge in [0.05, 0.1) is 5.76 Å². The Morgan fingerprint density at radius 2 is 2.07 bits per heavy atom. The average molecular weight is 226 g/mol. The van der Waals surface area contributed by atoms with E-state index in [-0.39, 0.29) is 5.78 Å². The molecule has 1 aliphatic rings. The van der Waals surface area contributed by atoms with Gasteiger partial charge >= 0.3 is 0 Å². The Bertz CT molecular complexity index is 286. The molecule has 15 heavy (non-hydrogen) atoms. The molecule has 0 aromatic carbocycles. The van der Waals surface area contributed by atoms with Gasteiger partial charge in [-0.15, -0.1) is 0 Å². The lowest BCUT2D eigenvalue weighted by Crippen LogP contribution is -2.24. The second-order valence-electron chi connectivity index (χ2n) is 5.46. The third kappa shape index (κ3) is 3.82. The van der Waals surface area contributed by atoms with Crippen molar-refractivity contribution < 1.29 is 9.22 Å². The molecule has 1 rings (SSSR count). The van der Waals surface area contributed by atoms with Crippen LogP contribution < -0.4 is 0 Å². The highest BCUT2D eigenvalue weighted by Gasteiger charge is 2.27. The van der Waals surface area contributed by atoms with Gasteiger partial charge in [-0.25, -0.2) is 0 Å². The molecule has 0 radical (unpaired) electrons. The molecule has 0 heterocycles. The summed E-state index contributed by atoms with van der Waals surface area (Å²) in [5.41, 5.74) is 1.31. The summed E-state index contributed by atoms with van der Waals surface area (Å²) >= 11 is 0. The number of hydrogen-bond donors (Lipinski definition) is 0. The highest BCUT2D eigenvalue weighted by molar-refractivity contribution is 6.70. The van der Waals surface area contributed by atoms with Crippen LogP contribution in [0.25, 0.3) is 0 Å². The molecule has 0 aromatic rings. The first-order valence-corrected chi connectivity index (χ1v) is 9.08. The normalized spacial score (nSPS) is 22.1. The van der Waals surface area contributed by atoms with Crippen molar-refractivity contribution in [3.8, 4) is 0 Å². The zero-order valence-corrected chi connectivity index (χ0v) is 11.5. The number of allylic oxidation sites excluding steroid dienone is 2. The molecule has 2 nitrogen and oxygen atoms in total. The van der Waals surface area contributed by atoms with Crippen LogP contribution in [0.4, 0.5) is 0 Å². The molecule has 1 unspecified atom stereocenters. The summed E-state index contributed by atoms with van der Waals surface area (Å²) in [4.78, 5) is 11.1. The van der Waals surface area contributed by atoms with Gasteiger partial charge in [0.15, 0.2) is 0 Å². The van der Waals surface area contributed by atoms with Crippen LogP contribution in [0.2, 0.25) is 19.6 Å². The molecular weight excluding hydrogens is 204 g/mol. The van der Waals surface area contributed by atoms with Crippen molar-refractivity contribution in [1.82, 2.24) is 0 Å². The van der Waals surface area contributed by atoms with Crippen LogP contribution in [-0.4, -0.2) is 14.1 Å². The summed E-state index contributed by atoms with van der Waals surface area (Å²) in [7, 11) is -1.48. The molecular formula is C12H22O2Si. The van der Waals surface area contributed by atoms with E-state index in [4.69, 9.17) is 4.43 Å². The lowest BCUT2D eigenvalue weighted by molar-refractivity contribution is -0.117. The first kappa shape index (κ1) is 12.5. The van der Waals surface area contributed by atoms with Gasteiger partial charge in [-0.1, -0.05) is 0 Å². The Labute approximate surface area is 93.8 Å². The van der Waals surface area contributed by atoms with E-state index in [1.165, 1.54) is 11.3 Å². The van der Waals surface area contributed by atoms with Gasteiger partial charge in [-0.2, -0.15) is 0 Å². The Hall–Kier alpha value is -0.573. The Balaban J connectivity index is 2.66. The minimum absolute atomic E-state index is 0.286. The van der Waals surface area contributed by atoms with Gasteiger partial charge in [0.25, 0.3) is 0 Å². The number of hydrogen-bond acceptors (Lipinski definition) is 2. The van der Waals surface area contributed by atoms with E-state index in [1.54, 1.807) is 6.92 Å². The highest BCUT2D eigenvalue weighted by Crippen LogP contribution is 2.35. The maximum absolute atomic E-state index is 11.1. The zero-order chi connectivity index (χ0) is 11.6. The molecule has 0 amide bonds. The molecule has 3 heteroatoms. The lowest BCUT2D eigenvalue weighted by Gasteiger charge is -2.21. The van der Waals surface area contributed by atoms with Crippen LogP contribution in [-0.2, 0) is 9.22 Å². The van der Waals surface area contributed by atoms with Crippen LogP contribution in [0.5, 0.6) is 0 Å². The topological polar surface area (TPSA) is 26.3 Å². The number of carbonyl (C=O) groups is 1. The van der Waals surface area contributed by atoms with E-state index < -0.39 is 8.32 Å². The number of ketones is 1. The predicted octanol–water partition coefficient (Wildman–Crippen LogP) is 3.50. The standard InChI is InChI=1S/C12H22O2Si/c1-9(13)8-11-6-7-12(10(11)2)14-15(3,4)5/h11H,6-8H2,1-5H3. The SMILES string of the molecule is CC(=O)CC1CCC(O[Si](C)(C)C)=C1C. The van der Waals surface area contributed by atoms with Crippen LogP contribution in [0.15, 0.2) is 11.3 Å². The number of Topliss-reactive ketones (excluding diaryl/α,β-unsaturated/α-hetero) is 1. The third-order valence-corrected chi connectivity index (χ3v) is 3.59. The lowest BCUT2D eigenvalue weighted by atomic mass is 9.97. The Morgan fingerprint density at radius 1 is 1.47 bits per heavy atom. The predicted molar refractivity (Wildman–Crippen MR) is 65.2 cm³/mol. The van der Waals surface area contributed by atoms with E-state index >= 15 is 0 Å². The van der Waals surface area contributed by atoms with E-state index in [0.29, 0.717) is 12.3 Å². The van der Waals surface area contributed by atoms with Crippen molar-refractivity contribution in [3.05, 3.63) is 11.3 Å². The van der Waals surface area contributed by atoms with E-state index in [1.807, 2.05) is 0 Å². The summed E-state index contributed by atoms with van der Waals surface area (Å²) in [6, 6.07) is 0.